The Morgan fingerprint density at radius 2 is 2.28 bits per heavy atom. The van der Waals surface area contributed by atoms with Crippen molar-refractivity contribution in [3.8, 4) is 0 Å². The van der Waals surface area contributed by atoms with Crippen LogP contribution in [0.3, 0.4) is 0 Å². The topological polar surface area (TPSA) is 94.0 Å². The summed E-state index contributed by atoms with van der Waals surface area (Å²) in [6, 6.07) is 4.70. The summed E-state index contributed by atoms with van der Waals surface area (Å²) in [4.78, 5) is 15.6. The Kier molecular flexibility index (Phi) is 3.78. The number of rotatable bonds is 4. The van der Waals surface area contributed by atoms with Gasteiger partial charge in [0.15, 0.2) is 6.33 Å². The molecule has 6 nitrogen and oxygen atoms in total. The molecule has 0 spiro atoms. The molecule has 0 saturated heterocycles. The molecular formula is C11H11ClN4O2. The maximum absolute atomic E-state index is 11.8. The molecular weight excluding hydrogens is 256 g/mol. The Bertz CT molecular complexity index is 522. The lowest BCUT2D eigenvalue weighted by Crippen LogP contribution is -2.25. The molecule has 94 valence electrons. The molecule has 18 heavy (non-hydrogen) atoms. The van der Waals surface area contributed by atoms with Gasteiger partial charge in [0.05, 0.1) is 0 Å². The molecule has 1 aromatic carbocycles. The van der Waals surface area contributed by atoms with Crippen molar-refractivity contribution in [3.05, 3.63) is 41.0 Å². The van der Waals surface area contributed by atoms with E-state index in [1.165, 1.54) is 6.33 Å². The maximum atomic E-state index is 11.8. The van der Waals surface area contributed by atoms with Crippen molar-refractivity contribution in [3.63, 3.8) is 0 Å². The number of halogens is 1. The molecule has 0 aliphatic heterocycles. The summed E-state index contributed by atoms with van der Waals surface area (Å²) in [5.74, 6) is 0.227. The van der Waals surface area contributed by atoms with E-state index in [0.29, 0.717) is 35.1 Å². The van der Waals surface area contributed by atoms with Crippen LogP contribution in [0.15, 0.2) is 29.0 Å². The van der Waals surface area contributed by atoms with Gasteiger partial charge in [0.2, 0.25) is 5.89 Å². The van der Waals surface area contributed by atoms with Crippen molar-refractivity contribution in [2.24, 2.45) is 0 Å². The van der Waals surface area contributed by atoms with Crippen molar-refractivity contribution >= 4 is 23.2 Å². The Morgan fingerprint density at radius 1 is 1.44 bits per heavy atom. The van der Waals surface area contributed by atoms with Crippen LogP contribution in [0.4, 0.5) is 5.69 Å². The first-order valence-corrected chi connectivity index (χ1v) is 5.63. The number of hydrogen-bond donors (Lipinski definition) is 2. The minimum atomic E-state index is -0.247. The molecule has 2 aromatic rings. The highest BCUT2D eigenvalue weighted by Crippen LogP contribution is 2.16. The third-order valence-electron chi connectivity index (χ3n) is 2.21. The van der Waals surface area contributed by atoms with Crippen LogP contribution in [0.5, 0.6) is 0 Å². The molecule has 1 aromatic heterocycles. The number of aromatic nitrogens is 2. The fourth-order valence-corrected chi connectivity index (χ4v) is 1.68. The average Bonchev–Trinajstić information content (AvgIpc) is 2.80. The van der Waals surface area contributed by atoms with Crippen molar-refractivity contribution in [1.29, 1.82) is 0 Å². The normalized spacial score (nSPS) is 10.3. The number of nitrogens with zero attached hydrogens (tertiary/aromatic N) is 2. The lowest BCUT2D eigenvalue weighted by molar-refractivity contribution is 0.0953. The second kappa shape index (κ2) is 5.50. The van der Waals surface area contributed by atoms with E-state index in [2.05, 4.69) is 15.5 Å². The zero-order valence-electron chi connectivity index (χ0n) is 9.39. The number of benzene rings is 1. The molecule has 0 radical (unpaired) electrons. The van der Waals surface area contributed by atoms with E-state index in [-0.39, 0.29) is 5.91 Å². The molecule has 3 N–H and O–H groups in total. The van der Waals surface area contributed by atoms with Crippen LogP contribution >= 0.6 is 11.6 Å². The largest absolute Gasteiger partial charge is 0.399 e. The SMILES string of the molecule is Nc1cc(Cl)cc(C(=O)NCCc2ncno2)c1. The number of carbonyl (C=O) groups is 1. The monoisotopic (exact) mass is 266 g/mol. The third kappa shape index (κ3) is 3.21. The Hall–Kier alpha value is -2.08. The van der Waals surface area contributed by atoms with E-state index >= 15 is 0 Å². The zero-order chi connectivity index (χ0) is 13.0. The predicted molar refractivity (Wildman–Crippen MR) is 66.2 cm³/mol. The summed E-state index contributed by atoms with van der Waals surface area (Å²) in [6.07, 6.45) is 1.79. The quantitative estimate of drug-likeness (QED) is 0.813. The van der Waals surface area contributed by atoms with E-state index in [0.717, 1.165) is 0 Å². The van der Waals surface area contributed by atoms with Gasteiger partial charge in [-0.2, -0.15) is 4.98 Å². The van der Waals surface area contributed by atoms with Gasteiger partial charge in [0, 0.05) is 29.2 Å². The standard InChI is InChI=1S/C11H11ClN4O2/c12-8-3-7(4-9(13)5-8)11(17)14-2-1-10-15-6-16-18-10/h3-6H,1-2,13H2,(H,14,17). The minimum Gasteiger partial charge on any atom is -0.399 e. The van der Waals surface area contributed by atoms with Gasteiger partial charge in [-0.25, -0.2) is 0 Å². The Morgan fingerprint density at radius 3 is 2.94 bits per heavy atom. The number of carbonyl (C=O) groups excluding carboxylic acids is 1. The van der Waals surface area contributed by atoms with Crippen LogP contribution in [0.25, 0.3) is 0 Å². The summed E-state index contributed by atoms with van der Waals surface area (Å²) >= 11 is 5.82. The van der Waals surface area contributed by atoms with Gasteiger partial charge in [0.1, 0.15) is 0 Å². The molecule has 2 rings (SSSR count). The van der Waals surface area contributed by atoms with E-state index in [9.17, 15) is 4.79 Å². The third-order valence-corrected chi connectivity index (χ3v) is 2.43. The Balaban J connectivity index is 1.91. The smallest absolute Gasteiger partial charge is 0.251 e. The van der Waals surface area contributed by atoms with Crippen LogP contribution in [0.1, 0.15) is 16.2 Å². The second-order valence-electron chi connectivity index (χ2n) is 3.61. The molecule has 1 heterocycles. The highest BCUT2D eigenvalue weighted by Gasteiger charge is 2.07. The molecule has 0 fully saturated rings. The number of nitrogen functional groups attached to an aromatic ring is 1. The molecule has 0 unspecified atom stereocenters. The van der Waals surface area contributed by atoms with Crippen molar-refractivity contribution < 1.29 is 9.32 Å². The van der Waals surface area contributed by atoms with Crippen molar-refractivity contribution in [2.75, 3.05) is 12.3 Å². The first kappa shape index (κ1) is 12.4. The van der Waals surface area contributed by atoms with Gasteiger partial charge in [-0.1, -0.05) is 16.8 Å². The first-order chi connectivity index (χ1) is 8.65. The molecule has 7 heteroatoms. The lowest BCUT2D eigenvalue weighted by atomic mass is 10.2. The van der Waals surface area contributed by atoms with Gasteiger partial charge >= 0.3 is 0 Å². The molecule has 0 aliphatic rings. The number of nitrogens with one attached hydrogen (secondary N) is 1. The van der Waals surface area contributed by atoms with Gasteiger partial charge < -0.3 is 15.6 Å². The van der Waals surface area contributed by atoms with Crippen LogP contribution in [0.2, 0.25) is 5.02 Å². The number of hydrogen-bond acceptors (Lipinski definition) is 5. The zero-order valence-corrected chi connectivity index (χ0v) is 10.1. The molecule has 0 aliphatic carbocycles. The van der Waals surface area contributed by atoms with Crippen molar-refractivity contribution in [1.82, 2.24) is 15.5 Å². The summed E-state index contributed by atoms with van der Waals surface area (Å²) in [6.45, 7) is 0.396. The van der Waals surface area contributed by atoms with E-state index in [1.54, 1.807) is 18.2 Å². The lowest BCUT2D eigenvalue weighted by Gasteiger charge is -2.05. The van der Waals surface area contributed by atoms with E-state index in [4.69, 9.17) is 21.9 Å². The van der Waals surface area contributed by atoms with Crippen LogP contribution < -0.4 is 11.1 Å². The van der Waals surface area contributed by atoms with E-state index < -0.39 is 0 Å². The van der Waals surface area contributed by atoms with Crippen LogP contribution in [0, 0.1) is 0 Å². The fraction of sp³-hybridized carbons (Fsp3) is 0.182. The van der Waals surface area contributed by atoms with Gasteiger partial charge in [0.25, 0.3) is 5.91 Å². The summed E-state index contributed by atoms with van der Waals surface area (Å²) in [7, 11) is 0. The fourth-order valence-electron chi connectivity index (χ4n) is 1.43. The number of nitrogens with two attached hydrogens (primary N) is 1. The highest BCUT2D eigenvalue weighted by atomic mass is 35.5. The number of amides is 1. The van der Waals surface area contributed by atoms with Crippen LogP contribution in [-0.4, -0.2) is 22.6 Å². The maximum Gasteiger partial charge on any atom is 0.251 e. The molecule has 0 saturated carbocycles. The molecule has 0 atom stereocenters. The Labute approximate surface area is 108 Å². The van der Waals surface area contributed by atoms with Gasteiger partial charge in [-0.3, -0.25) is 4.79 Å². The van der Waals surface area contributed by atoms with Gasteiger partial charge in [-0.15, -0.1) is 0 Å². The molecule has 1 amide bonds. The summed E-state index contributed by atoms with van der Waals surface area (Å²) < 4.78 is 4.81. The first-order valence-electron chi connectivity index (χ1n) is 5.25. The predicted octanol–water partition coefficient (Wildman–Crippen LogP) is 1.28. The average molecular weight is 267 g/mol. The second-order valence-corrected chi connectivity index (χ2v) is 4.05. The van der Waals surface area contributed by atoms with Gasteiger partial charge in [-0.05, 0) is 18.2 Å². The van der Waals surface area contributed by atoms with Crippen LogP contribution in [-0.2, 0) is 6.42 Å². The number of anilines is 1. The minimum absolute atomic E-state index is 0.247. The van der Waals surface area contributed by atoms with E-state index in [1.807, 2.05) is 0 Å². The van der Waals surface area contributed by atoms with Crippen molar-refractivity contribution in [2.45, 2.75) is 6.42 Å². The summed E-state index contributed by atoms with van der Waals surface area (Å²) in [5.41, 5.74) is 6.48. The summed E-state index contributed by atoms with van der Waals surface area (Å²) in [5, 5.41) is 6.61. The highest BCUT2D eigenvalue weighted by molar-refractivity contribution is 6.31. The molecule has 0 bridgehead atoms.